The predicted molar refractivity (Wildman–Crippen MR) is 125 cm³/mol. The number of amides is 1. The van der Waals surface area contributed by atoms with Crippen LogP contribution in [0.1, 0.15) is 28.2 Å². The zero-order chi connectivity index (χ0) is 22.5. The van der Waals surface area contributed by atoms with Crippen molar-refractivity contribution in [1.82, 2.24) is 4.90 Å². The molecule has 0 bridgehead atoms. The van der Waals surface area contributed by atoms with Crippen molar-refractivity contribution in [3.8, 4) is 17.2 Å². The Bertz CT molecular complexity index is 1060. The molecule has 5 heteroatoms. The van der Waals surface area contributed by atoms with Crippen LogP contribution in [-0.2, 0) is 24.2 Å². The molecule has 1 aliphatic rings. The zero-order valence-electron chi connectivity index (χ0n) is 18.8. The highest BCUT2D eigenvalue weighted by molar-refractivity contribution is 5.86. The summed E-state index contributed by atoms with van der Waals surface area (Å²) in [7, 11) is 4.92. The van der Waals surface area contributed by atoms with Gasteiger partial charge in [-0.1, -0.05) is 48.5 Å². The van der Waals surface area contributed by atoms with Crippen molar-refractivity contribution in [1.29, 1.82) is 0 Å². The number of benzene rings is 3. The Hall–Kier alpha value is -3.47. The van der Waals surface area contributed by atoms with Gasteiger partial charge >= 0.3 is 0 Å². The highest BCUT2D eigenvalue weighted by Crippen LogP contribution is 2.42. The van der Waals surface area contributed by atoms with Crippen molar-refractivity contribution in [2.45, 2.75) is 25.3 Å². The van der Waals surface area contributed by atoms with Gasteiger partial charge in [0, 0.05) is 18.7 Å². The summed E-state index contributed by atoms with van der Waals surface area (Å²) in [6, 6.07) is 22.0. The van der Waals surface area contributed by atoms with Crippen LogP contribution in [0.4, 0.5) is 0 Å². The molecule has 0 saturated carbocycles. The van der Waals surface area contributed by atoms with E-state index in [1.54, 1.807) is 21.3 Å². The lowest BCUT2D eigenvalue weighted by atomic mass is 9.87. The first-order valence-electron chi connectivity index (χ1n) is 10.8. The van der Waals surface area contributed by atoms with Gasteiger partial charge in [0.2, 0.25) is 5.91 Å². The minimum atomic E-state index is -0.349. The Labute approximate surface area is 189 Å². The molecule has 0 fully saturated rings. The minimum Gasteiger partial charge on any atom is -0.497 e. The third-order valence-corrected chi connectivity index (χ3v) is 6.10. The quantitative estimate of drug-likeness (QED) is 0.548. The molecule has 0 aliphatic carbocycles. The van der Waals surface area contributed by atoms with Crippen LogP contribution < -0.4 is 14.2 Å². The Balaban J connectivity index is 1.73. The number of rotatable bonds is 7. The lowest BCUT2D eigenvalue weighted by Crippen LogP contribution is -2.35. The molecular weight excluding hydrogens is 402 g/mol. The maximum absolute atomic E-state index is 13.9. The van der Waals surface area contributed by atoms with Crippen LogP contribution >= 0.6 is 0 Å². The molecule has 5 nitrogen and oxygen atoms in total. The van der Waals surface area contributed by atoms with Crippen molar-refractivity contribution in [2.24, 2.45) is 0 Å². The van der Waals surface area contributed by atoms with E-state index in [9.17, 15) is 4.79 Å². The Kier molecular flexibility index (Phi) is 6.64. The summed E-state index contributed by atoms with van der Waals surface area (Å²) in [5.41, 5.74) is 4.27. The molecule has 32 heavy (non-hydrogen) atoms. The van der Waals surface area contributed by atoms with Crippen molar-refractivity contribution >= 4 is 5.91 Å². The van der Waals surface area contributed by atoms with Gasteiger partial charge in [-0.25, -0.2) is 0 Å². The summed E-state index contributed by atoms with van der Waals surface area (Å²) >= 11 is 0. The number of ether oxygens (including phenoxy) is 3. The van der Waals surface area contributed by atoms with Gasteiger partial charge in [0.05, 0.1) is 27.2 Å². The molecule has 1 atom stereocenters. The lowest BCUT2D eigenvalue weighted by Gasteiger charge is -2.26. The van der Waals surface area contributed by atoms with Gasteiger partial charge in [0.1, 0.15) is 5.75 Å². The van der Waals surface area contributed by atoms with Gasteiger partial charge in [0.15, 0.2) is 11.5 Å². The van der Waals surface area contributed by atoms with E-state index in [1.165, 1.54) is 0 Å². The fraction of sp³-hybridized carbons (Fsp3) is 0.296. The van der Waals surface area contributed by atoms with Gasteiger partial charge in [-0.2, -0.15) is 0 Å². The number of hydrogen-bond donors (Lipinski definition) is 0. The van der Waals surface area contributed by atoms with Crippen LogP contribution in [0.15, 0.2) is 66.7 Å². The number of fused-ring (bicyclic) bond motifs is 1. The van der Waals surface area contributed by atoms with E-state index in [4.69, 9.17) is 14.2 Å². The van der Waals surface area contributed by atoms with E-state index < -0.39 is 0 Å². The SMILES string of the molecule is COc1ccc(CN2CCc3ccc(OC)c(OC)c3C(Cc3ccccc3)C2=O)cc1. The molecule has 1 heterocycles. The van der Waals surface area contributed by atoms with Gasteiger partial charge in [-0.15, -0.1) is 0 Å². The lowest BCUT2D eigenvalue weighted by molar-refractivity contribution is -0.133. The Morgan fingerprint density at radius 2 is 1.59 bits per heavy atom. The zero-order valence-corrected chi connectivity index (χ0v) is 18.8. The molecule has 166 valence electrons. The summed E-state index contributed by atoms with van der Waals surface area (Å²) < 4.78 is 16.6. The van der Waals surface area contributed by atoms with Crippen LogP contribution in [0.25, 0.3) is 0 Å². The molecule has 3 aromatic rings. The normalized spacial score (nSPS) is 15.7. The average Bonchev–Trinajstić information content (AvgIpc) is 2.96. The molecule has 0 N–H and O–H groups in total. The van der Waals surface area contributed by atoms with E-state index in [0.29, 0.717) is 31.0 Å². The first-order chi connectivity index (χ1) is 15.6. The first kappa shape index (κ1) is 21.8. The third kappa shape index (κ3) is 4.42. The number of hydrogen-bond acceptors (Lipinski definition) is 4. The van der Waals surface area contributed by atoms with E-state index in [-0.39, 0.29) is 11.8 Å². The highest BCUT2D eigenvalue weighted by atomic mass is 16.5. The van der Waals surface area contributed by atoms with Crippen molar-refractivity contribution < 1.29 is 19.0 Å². The van der Waals surface area contributed by atoms with Crippen LogP contribution in [-0.4, -0.2) is 38.7 Å². The summed E-state index contributed by atoms with van der Waals surface area (Å²) in [5.74, 6) is 1.88. The molecule has 1 aliphatic heterocycles. The topological polar surface area (TPSA) is 48.0 Å². The fourth-order valence-electron chi connectivity index (χ4n) is 4.45. The largest absolute Gasteiger partial charge is 0.497 e. The average molecular weight is 432 g/mol. The number of nitrogens with zero attached hydrogens (tertiary/aromatic N) is 1. The molecule has 0 spiro atoms. The molecule has 0 saturated heterocycles. The summed E-state index contributed by atoms with van der Waals surface area (Å²) in [5, 5.41) is 0. The summed E-state index contributed by atoms with van der Waals surface area (Å²) in [6.45, 7) is 1.21. The predicted octanol–water partition coefficient (Wildman–Crippen LogP) is 4.62. The van der Waals surface area contributed by atoms with E-state index in [0.717, 1.165) is 34.4 Å². The molecular formula is C27H29NO4. The van der Waals surface area contributed by atoms with E-state index in [1.807, 2.05) is 53.4 Å². The van der Waals surface area contributed by atoms with Crippen molar-refractivity contribution in [2.75, 3.05) is 27.9 Å². The monoisotopic (exact) mass is 431 g/mol. The van der Waals surface area contributed by atoms with Crippen LogP contribution in [0, 0.1) is 0 Å². The molecule has 3 aromatic carbocycles. The Morgan fingerprint density at radius 1 is 0.844 bits per heavy atom. The second-order valence-electron chi connectivity index (χ2n) is 7.97. The van der Waals surface area contributed by atoms with Gasteiger partial charge in [-0.3, -0.25) is 4.79 Å². The fourth-order valence-corrected chi connectivity index (χ4v) is 4.45. The first-order valence-corrected chi connectivity index (χ1v) is 10.8. The number of methoxy groups -OCH3 is 3. The smallest absolute Gasteiger partial charge is 0.230 e. The van der Waals surface area contributed by atoms with Gasteiger partial charge in [-0.05, 0) is 47.7 Å². The van der Waals surface area contributed by atoms with Crippen molar-refractivity contribution in [3.63, 3.8) is 0 Å². The standard InChI is InChI=1S/C27H29NO4/c1-30-22-12-9-20(10-13-22)18-28-16-15-21-11-14-24(31-2)26(32-3)25(21)23(27(28)29)17-19-7-5-4-6-8-19/h4-14,23H,15-18H2,1-3H3. The summed E-state index contributed by atoms with van der Waals surface area (Å²) in [4.78, 5) is 15.9. The Morgan fingerprint density at radius 3 is 2.25 bits per heavy atom. The van der Waals surface area contributed by atoms with Gasteiger partial charge in [0.25, 0.3) is 0 Å². The van der Waals surface area contributed by atoms with Crippen LogP contribution in [0.3, 0.4) is 0 Å². The van der Waals surface area contributed by atoms with Gasteiger partial charge < -0.3 is 19.1 Å². The second kappa shape index (κ2) is 9.77. The third-order valence-electron chi connectivity index (χ3n) is 6.10. The van der Waals surface area contributed by atoms with E-state index >= 15 is 0 Å². The number of carbonyl (C=O) groups is 1. The maximum atomic E-state index is 13.9. The van der Waals surface area contributed by atoms with E-state index in [2.05, 4.69) is 18.2 Å². The minimum absolute atomic E-state index is 0.106. The molecule has 0 aromatic heterocycles. The highest BCUT2D eigenvalue weighted by Gasteiger charge is 2.34. The maximum Gasteiger partial charge on any atom is 0.230 e. The molecule has 1 unspecified atom stereocenters. The van der Waals surface area contributed by atoms with Crippen LogP contribution in [0.5, 0.6) is 17.2 Å². The molecule has 1 amide bonds. The number of carbonyl (C=O) groups excluding carboxylic acids is 1. The molecule has 4 rings (SSSR count). The summed E-state index contributed by atoms with van der Waals surface area (Å²) in [6.07, 6.45) is 1.37. The van der Waals surface area contributed by atoms with Crippen molar-refractivity contribution in [3.05, 3.63) is 89.0 Å². The molecule has 0 radical (unpaired) electrons. The second-order valence-corrected chi connectivity index (χ2v) is 7.97. The van der Waals surface area contributed by atoms with Crippen LogP contribution in [0.2, 0.25) is 0 Å².